The number of benzene rings is 5. The Balaban J connectivity index is 1.29. The number of nitrogens with zero attached hydrogens (tertiary/aromatic N) is 4. The van der Waals surface area contributed by atoms with Gasteiger partial charge < -0.3 is 26.0 Å². The molecule has 0 aliphatic heterocycles. The fourth-order valence-electron chi connectivity index (χ4n) is 5.96. The number of rotatable bonds is 20. The van der Waals surface area contributed by atoms with Gasteiger partial charge in [-0.15, -0.1) is 23.2 Å². The SMILES string of the molecule is CC(=O)C(N=Nc1cc(C(=O)Nc2cccc(CCCl)c2)ccc1Cl)C(=O)Nc1ccc(NC(=O)C(N=Nc2cc(C(=O)Nc3cccc(CCCl)c3)ccc2Cl)C(C)=O)c(OC(C)Cl)c1. The first-order valence-corrected chi connectivity index (χ1v) is 22.2. The van der Waals surface area contributed by atoms with Gasteiger partial charge in [-0.2, -0.15) is 20.5 Å². The minimum absolute atomic E-state index is 0.0166. The van der Waals surface area contributed by atoms with Crippen LogP contribution in [0.4, 0.5) is 34.1 Å². The number of ketones is 2. The number of halogens is 5. The fraction of sp³-hybridized carbons (Fsp3) is 0.217. The molecule has 4 amide bonds. The van der Waals surface area contributed by atoms with Gasteiger partial charge in [-0.1, -0.05) is 59.1 Å². The zero-order valence-electron chi connectivity index (χ0n) is 35.4. The third-order valence-electron chi connectivity index (χ3n) is 9.18. The number of alkyl halides is 3. The molecule has 0 radical (unpaired) electrons. The van der Waals surface area contributed by atoms with E-state index in [9.17, 15) is 28.8 Å². The van der Waals surface area contributed by atoms with Gasteiger partial charge in [-0.3, -0.25) is 28.8 Å². The smallest absolute Gasteiger partial charge is 0.258 e. The van der Waals surface area contributed by atoms with Crippen molar-refractivity contribution < 1.29 is 33.5 Å². The number of Topliss-reactive ketones (excluding diaryl/α,β-unsaturated/α-hetero) is 2. The van der Waals surface area contributed by atoms with Crippen LogP contribution in [0, 0.1) is 0 Å². The minimum Gasteiger partial charge on any atom is -0.473 e. The van der Waals surface area contributed by atoms with Gasteiger partial charge >= 0.3 is 0 Å². The van der Waals surface area contributed by atoms with Crippen molar-refractivity contribution in [3.63, 3.8) is 0 Å². The van der Waals surface area contributed by atoms with E-state index in [-0.39, 0.29) is 49.7 Å². The lowest BCUT2D eigenvalue weighted by molar-refractivity contribution is -0.127. The second-order valence-corrected chi connectivity index (χ2v) is 16.5. The van der Waals surface area contributed by atoms with Crippen LogP contribution in [0.3, 0.4) is 0 Å². The van der Waals surface area contributed by atoms with E-state index in [1.807, 2.05) is 12.1 Å². The Morgan fingerprint density at radius 1 is 0.576 bits per heavy atom. The Morgan fingerprint density at radius 2 is 1.03 bits per heavy atom. The molecule has 66 heavy (non-hydrogen) atoms. The summed E-state index contributed by atoms with van der Waals surface area (Å²) in [6.45, 7) is 3.78. The van der Waals surface area contributed by atoms with Crippen molar-refractivity contribution in [3.8, 4) is 5.75 Å². The highest BCUT2D eigenvalue weighted by molar-refractivity contribution is 6.33. The first kappa shape index (κ1) is 50.8. The quantitative estimate of drug-likeness (QED) is 0.0336. The van der Waals surface area contributed by atoms with E-state index in [2.05, 4.69) is 41.7 Å². The molecule has 0 spiro atoms. The summed E-state index contributed by atoms with van der Waals surface area (Å²) in [6.07, 6.45) is 1.24. The molecule has 15 nitrogen and oxygen atoms in total. The second kappa shape index (κ2) is 24.3. The maximum atomic E-state index is 13.5. The number of aryl methyl sites for hydroxylation is 2. The van der Waals surface area contributed by atoms with Gasteiger partial charge in [0.1, 0.15) is 17.1 Å². The van der Waals surface area contributed by atoms with E-state index < -0.39 is 52.8 Å². The van der Waals surface area contributed by atoms with Gasteiger partial charge in [0.15, 0.2) is 17.1 Å². The zero-order chi connectivity index (χ0) is 47.9. The first-order valence-electron chi connectivity index (χ1n) is 20.0. The molecule has 0 aromatic heterocycles. The van der Waals surface area contributed by atoms with Crippen molar-refractivity contribution >= 4 is 127 Å². The lowest BCUT2D eigenvalue weighted by Gasteiger charge is -2.17. The molecule has 3 unspecified atom stereocenters. The standard InChI is InChI=1S/C46H41Cl5N8O7/c1-25(60)41(58-56-38-22-30(10-13-35(38)50)43(62)52-32-8-4-6-28(20-32)16-18-47)45(64)54-34-12-15-37(40(24-34)66-27(3)49)55-46(65)42(26(2)61)59-57-39-23-31(11-14-36(39)51)44(63)53-33-9-5-7-29(21-33)17-19-48/h4-15,20-24,27,41-42H,16-19H2,1-3H3,(H,52,62)(H,53,63)(H,54,64)(H,55,65). The molecular formula is C46H41Cl5N8O7. The molecule has 0 saturated carbocycles. The third kappa shape index (κ3) is 14.6. The van der Waals surface area contributed by atoms with Crippen LogP contribution in [0.5, 0.6) is 5.75 Å². The molecule has 3 atom stereocenters. The third-order valence-corrected chi connectivity index (χ3v) is 10.3. The van der Waals surface area contributed by atoms with Gasteiger partial charge in [0.25, 0.3) is 23.6 Å². The molecule has 20 heteroatoms. The van der Waals surface area contributed by atoms with Crippen molar-refractivity contribution in [2.45, 2.75) is 51.3 Å². The highest BCUT2D eigenvalue weighted by Crippen LogP contribution is 2.32. The second-order valence-electron chi connectivity index (χ2n) is 14.3. The van der Waals surface area contributed by atoms with Gasteiger partial charge in [0.2, 0.25) is 12.1 Å². The van der Waals surface area contributed by atoms with Crippen LogP contribution in [0.25, 0.3) is 0 Å². The van der Waals surface area contributed by atoms with Crippen LogP contribution in [0.15, 0.2) is 124 Å². The summed E-state index contributed by atoms with van der Waals surface area (Å²) in [5, 5.41) is 26.9. The monoisotopic (exact) mass is 992 g/mol. The number of anilines is 4. The Hall–Kier alpha value is -6.23. The van der Waals surface area contributed by atoms with E-state index in [1.165, 1.54) is 61.5 Å². The van der Waals surface area contributed by atoms with Gasteiger partial charge in [-0.25, -0.2) is 0 Å². The number of azo groups is 2. The largest absolute Gasteiger partial charge is 0.473 e. The Kier molecular flexibility index (Phi) is 18.7. The van der Waals surface area contributed by atoms with Crippen LogP contribution in [0.1, 0.15) is 52.6 Å². The minimum atomic E-state index is -1.67. The number of amides is 4. The molecule has 0 heterocycles. The van der Waals surface area contributed by atoms with E-state index in [0.29, 0.717) is 36.0 Å². The van der Waals surface area contributed by atoms with Crippen molar-refractivity contribution in [3.05, 3.63) is 135 Å². The normalized spacial score (nSPS) is 12.5. The van der Waals surface area contributed by atoms with Crippen LogP contribution in [-0.2, 0) is 32.0 Å². The summed E-state index contributed by atoms with van der Waals surface area (Å²) < 4.78 is 5.70. The fourth-order valence-corrected chi connectivity index (χ4v) is 6.80. The molecule has 0 aliphatic carbocycles. The number of carbonyl (C=O) groups is 6. The van der Waals surface area contributed by atoms with Crippen molar-refractivity contribution in [1.29, 1.82) is 0 Å². The summed E-state index contributed by atoms with van der Waals surface area (Å²) in [6, 6.07) is 23.7. The maximum Gasteiger partial charge on any atom is 0.258 e. The molecule has 5 rings (SSSR count). The summed E-state index contributed by atoms with van der Waals surface area (Å²) >= 11 is 30.6. The Labute approximate surface area is 404 Å². The molecule has 0 fully saturated rings. The Bertz CT molecular complexity index is 2700. The molecule has 0 aliphatic rings. The van der Waals surface area contributed by atoms with Gasteiger partial charge in [0.05, 0.1) is 15.7 Å². The molecule has 342 valence electrons. The maximum absolute atomic E-state index is 13.5. The average Bonchev–Trinajstić information content (AvgIpc) is 3.26. The molecule has 0 saturated heterocycles. The first-order chi connectivity index (χ1) is 31.5. The lowest BCUT2D eigenvalue weighted by atomic mass is 10.1. The van der Waals surface area contributed by atoms with E-state index in [4.69, 9.17) is 62.7 Å². The van der Waals surface area contributed by atoms with Gasteiger partial charge in [0, 0.05) is 46.0 Å². The van der Waals surface area contributed by atoms with Crippen molar-refractivity contribution in [2.75, 3.05) is 33.0 Å². The summed E-state index contributed by atoms with van der Waals surface area (Å²) in [5.41, 5.74) is 2.57. The summed E-state index contributed by atoms with van der Waals surface area (Å²) in [7, 11) is 0. The van der Waals surface area contributed by atoms with E-state index >= 15 is 0 Å². The molecule has 5 aromatic rings. The number of carbonyl (C=O) groups excluding carboxylic acids is 6. The molecule has 4 N–H and O–H groups in total. The van der Waals surface area contributed by atoms with Crippen LogP contribution in [-0.4, -0.2) is 64.6 Å². The summed E-state index contributed by atoms with van der Waals surface area (Å²) in [4.78, 5) is 78.5. The molecule has 5 aromatic carbocycles. The zero-order valence-corrected chi connectivity index (χ0v) is 39.2. The number of ether oxygens (including phenoxy) is 1. The number of nitrogens with one attached hydrogen (secondary N) is 4. The van der Waals surface area contributed by atoms with Crippen LogP contribution < -0.4 is 26.0 Å². The topological polar surface area (TPSA) is 209 Å². The average molecular weight is 995 g/mol. The van der Waals surface area contributed by atoms with Crippen LogP contribution in [0.2, 0.25) is 10.0 Å². The Morgan fingerprint density at radius 3 is 1.47 bits per heavy atom. The predicted molar refractivity (Wildman–Crippen MR) is 258 cm³/mol. The van der Waals surface area contributed by atoms with Crippen LogP contribution >= 0.6 is 58.0 Å². The van der Waals surface area contributed by atoms with Crippen molar-refractivity contribution in [2.24, 2.45) is 20.5 Å². The molecular weight excluding hydrogens is 954 g/mol. The number of hydrogen-bond donors (Lipinski definition) is 4. The van der Waals surface area contributed by atoms with E-state index in [1.54, 1.807) is 36.4 Å². The summed E-state index contributed by atoms with van der Waals surface area (Å²) in [5.74, 6) is -3.28. The molecule has 0 bridgehead atoms. The highest BCUT2D eigenvalue weighted by atomic mass is 35.5. The van der Waals surface area contributed by atoms with Crippen molar-refractivity contribution in [1.82, 2.24) is 0 Å². The highest BCUT2D eigenvalue weighted by Gasteiger charge is 2.27. The lowest BCUT2D eigenvalue weighted by Crippen LogP contribution is -2.32. The number of hydrogen-bond acceptors (Lipinski definition) is 11. The van der Waals surface area contributed by atoms with Gasteiger partial charge in [-0.05, 0) is 118 Å². The predicted octanol–water partition coefficient (Wildman–Crippen LogP) is 11.4. The van der Waals surface area contributed by atoms with E-state index in [0.717, 1.165) is 25.0 Å².